The number of esters is 1. The molecule has 2 unspecified atom stereocenters. The lowest BCUT2D eigenvalue weighted by Crippen LogP contribution is -2.20. The number of hydrogen-bond donors (Lipinski definition) is 0. The molecule has 0 saturated heterocycles. The summed E-state index contributed by atoms with van der Waals surface area (Å²) < 4.78 is 21.4. The van der Waals surface area contributed by atoms with E-state index in [-0.39, 0.29) is 18.6 Å². The molecular weight excluding hydrogens is 239 g/mol. The van der Waals surface area contributed by atoms with E-state index in [2.05, 4.69) is 0 Å². The Balaban J connectivity index is 4.02. The predicted molar refractivity (Wildman–Crippen MR) is 59.6 cm³/mol. The van der Waals surface area contributed by atoms with Gasteiger partial charge in [0.2, 0.25) is 6.35 Å². The van der Waals surface area contributed by atoms with Crippen LogP contribution in [0.3, 0.4) is 0 Å². The van der Waals surface area contributed by atoms with Gasteiger partial charge in [0.15, 0.2) is 0 Å². The van der Waals surface area contributed by atoms with E-state index in [1.807, 2.05) is 13.8 Å². The molecule has 0 bridgehead atoms. The van der Waals surface area contributed by atoms with Crippen molar-refractivity contribution in [3.8, 4) is 0 Å². The third-order valence-electron chi connectivity index (χ3n) is 1.33. The minimum Gasteiger partial charge on any atom is -0.459 e. The molecule has 0 aliphatic carbocycles. The fraction of sp³-hybridized carbons (Fsp3) is 0.889. The molecule has 0 aliphatic heterocycles. The maximum atomic E-state index is 11.5. The first-order valence-electron chi connectivity index (χ1n) is 4.74. The number of ether oxygens (including phenoxy) is 2. The van der Waals surface area contributed by atoms with Gasteiger partial charge in [-0.05, 0) is 27.7 Å². The van der Waals surface area contributed by atoms with Gasteiger partial charge in [0, 0.05) is 0 Å². The molecule has 0 fully saturated rings. The zero-order chi connectivity index (χ0) is 12.0. The van der Waals surface area contributed by atoms with Crippen LogP contribution in [0.4, 0.5) is 0 Å². The molecule has 0 aromatic rings. The van der Waals surface area contributed by atoms with E-state index in [1.54, 1.807) is 13.8 Å². The number of alkyl halides is 1. The largest absolute Gasteiger partial charge is 0.459 e. The normalized spacial score (nSPS) is 14.2. The van der Waals surface area contributed by atoms with Gasteiger partial charge >= 0.3 is 18.9 Å². The van der Waals surface area contributed by atoms with Gasteiger partial charge in [-0.25, -0.2) is 4.79 Å². The average molecular weight is 256 g/mol. The molecule has 0 rings (SSSR count). The number of carbonyl (C=O) groups is 1. The second kappa shape index (κ2) is 7.15. The highest BCUT2D eigenvalue weighted by molar-refractivity contribution is 7.48. The predicted octanol–water partition coefficient (Wildman–Crippen LogP) is 2.71. The molecule has 88 valence electrons. The highest BCUT2D eigenvalue weighted by Crippen LogP contribution is 2.32. The Kier molecular flexibility index (Phi) is 7.07. The molecule has 2 atom stereocenters. The van der Waals surface area contributed by atoms with Crippen molar-refractivity contribution < 1.29 is 18.8 Å². The summed E-state index contributed by atoms with van der Waals surface area (Å²) in [4.78, 5) is 11.2. The topological polar surface area (TPSA) is 52.6 Å². The Bertz CT molecular complexity index is 230. The zero-order valence-corrected chi connectivity index (χ0v) is 11.0. The van der Waals surface area contributed by atoms with E-state index < -0.39 is 18.9 Å². The average Bonchev–Trinajstić information content (AvgIpc) is 2.11. The molecule has 0 aromatic carbocycles. The van der Waals surface area contributed by atoms with E-state index >= 15 is 0 Å². The summed E-state index contributed by atoms with van der Waals surface area (Å²) in [6.07, 6.45) is -0.309. The van der Waals surface area contributed by atoms with Crippen molar-refractivity contribution in [3.05, 3.63) is 0 Å². The van der Waals surface area contributed by atoms with Gasteiger partial charge in [0.25, 0.3) is 0 Å². The maximum absolute atomic E-state index is 11.5. The third-order valence-corrected chi connectivity index (χ3v) is 3.29. The van der Waals surface area contributed by atoms with E-state index in [4.69, 9.17) is 21.1 Å². The standard InChI is InChI=1S/C9H17ClO4P/c1-6(2)13-5-15(12)8(10)9(11)14-7(3)4/h6-8H,5H2,1-4H3/q+1. The van der Waals surface area contributed by atoms with Crippen molar-refractivity contribution in [2.75, 3.05) is 6.35 Å². The first-order chi connectivity index (χ1) is 6.84. The van der Waals surface area contributed by atoms with Crippen molar-refractivity contribution in [1.82, 2.24) is 0 Å². The minimum atomic E-state index is -1.93. The van der Waals surface area contributed by atoms with Crippen LogP contribution in [-0.4, -0.2) is 29.6 Å². The summed E-state index contributed by atoms with van der Waals surface area (Å²) in [5, 5.41) is -1.12. The van der Waals surface area contributed by atoms with Crippen LogP contribution in [0, 0.1) is 0 Å². The summed E-state index contributed by atoms with van der Waals surface area (Å²) in [5.41, 5.74) is 0. The number of halogens is 1. The minimum absolute atomic E-state index is 0.0195. The summed E-state index contributed by atoms with van der Waals surface area (Å²) >= 11 is 5.67. The van der Waals surface area contributed by atoms with Crippen LogP contribution < -0.4 is 0 Å². The molecule has 0 saturated carbocycles. The first-order valence-corrected chi connectivity index (χ1v) is 6.69. The quantitative estimate of drug-likeness (QED) is 0.416. The lowest BCUT2D eigenvalue weighted by atomic mass is 10.5. The molecule has 0 aromatic heterocycles. The highest BCUT2D eigenvalue weighted by Gasteiger charge is 2.37. The summed E-state index contributed by atoms with van der Waals surface area (Å²) in [6.45, 7) is 7.05. The molecular formula is C9H17ClO4P+. The van der Waals surface area contributed by atoms with Crippen LogP contribution in [0.2, 0.25) is 0 Å². The fourth-order valence-electron chi connectivity index (χ4n) is 0.694. The van der Waals surface area contributed by atoms with E-state index in [0.29, 0.717) is 0 Å². The Morgan fingerprint density at radius 3 is 2.20 bits per heavy atom. The molecule has 0 heterocycles. The number of hydrogen-bond acceptors (Lipinski definition) is 4. The van der Waals surface area contributed by atoms with Crippen molar-refractivity contribution >= 4 is 25.4 Å². The second-order valence-corrected chi connectivity index (χ2v) is 5.93. The van der Waals surface area contributed by atoms with Crippen molar-refractivity contribution in [2.45, 2.75) is 45.0 Å². The molecule has 6 heteroatoms. The zero-order valence-electron chi connectivity index (χ0n) is 9.40. The first kappa shape index (κ1) is 14.8. The van der Waals surface area contributed by atoms with Gasteiger partial charge in [-0.15, -0.1) is 0 Å². The van der Waals surface area contributed by atoms with E-state index in [9.17, 15) is 9.36 Å². The summed E-state index contributed by atoms with van der Waals surface area (Å²) in [6, 6.07) is 0. The molecule has 0 N–H and O–H groups in total. The van der Waals surface area contributed by atoms with Crippen LogP contribution >= 0.6 is 19.4 Å². The molecule has 0 spiro atoms. The van der Waals surface area contributed by atoms with Crippen LogP contribution in [-0.2, 0) is 18.8 Å². The fourth-order valence-corrected chi connectivity index (χ4v) is 1.79. The van der Waals surface area contributed by atoms with Crippen molar-refractivity contribution in [1.29, 1.82) is 0 Å². The van der Waals surface area contributed by atoms with Gasteiger partial charge in [-0.2, -0.15) is 0 Å². The second-order valence-electron chi connectivity index (χ2n) is 3.58. The lowest BCUT2D eigenvalue weighted by Gasteiger charge is -2.07. The number of rotatable bonds is 6. The van der Waals surface area contributed by atoms with Crippen molar-refractivity contribution in [2.24, 2.45) is 0 Å². The smallest absolute Gasteiger partial charge is 0.398 e. The van der Waals surface area contributed by atoms with Crippen LogP contribution in [0.25, 0.3) is 0 Å². The summed E-state index contributed by atoms with van der Waals surface area (Å²) in [5.74, 6) is -0.653. The van der Waals surface area contributed by atoms with Gasteiger partial charge < -0.3 is 9.47 Å². The van der Waals surface area contributed by atoms with E-state index in [0.717, 1.165) is 0 Å². The molecule has 4 nitrogen and oxygen atoms in total. The highest BCUT2D eigenvalue weighted by atomic mass is 35.5. The van der Waals surface area contributed by atoms with Gasteiger partial charge in [0.1, 0.15) is 0 Å². The van der Waals surface area contributed by atoms with Crippen molar-refractivity contribution in [3.63, 3.8) is 0 Å². The SMILES string of the molecule is CC(C)OC[P+](=O)C(Cl)C(=O)OC(C)C. The molecule has 0 radical (unpaired) electrons. The third kappa shape index (κ3) is 6.82. The van der Waals surface area contributed by atoms with Crippen LogP contribution in [0.1, 0.15) is 27.7 Å². The Labute approximate surface area is 96.1 Å². The Morgan fingerprint density at radius 2 is 1.80 bits per heavy atom. The lowest BCUT2D eigenvalue weighted by molar-refractivity contribution is -0.145. The molecule has 15 heavy (non-hydrogen) atoms. The van der Waals surface area contributed by atoms with Crippen LogP contribution in [0.15, 0.2) is 0 Å². The monoisotopic (exact) mass is 255 g/mol. The number of carbonyl (C=O) groups excluding carboxylic acids is 1. The van der Waals surface area contributed by atoms with Crippen LogP contribution in [0.5, 0.6) is 0 Å². The van der Waals surface area contributed by atoms with Gasteiger partial charge in [-0.3, -0.25) is 0 Å². The van der Waals surface area contributed by atoms with Gasteiger partial charge in [0.05, 0.1) is 12.2 Å². The van der Waals surface area contributed by atoms with Gasteiger partial charge in [-0.1, -0.05) is 16.2 Å². The summed E-state index contributed by atoms with van der Waals surface area (Å²) in [7, 11) is -1.93. The maximum Gasteiger partial charge on any atom is 0.398 e. The Morgan fingerprint density at radius 1 is 1.27 bits per heavy atom. The molecule has 0 amide bonds. The Hall–Kier alpha value is -0.180. The molecule has 0 aliphatic rings. The van der Waals surface area contributed by atoms with E-state index in [1.165, 1.54) is 0 Å².